The molecule has 1 unspecified atom stereocenters. The fourth-order valence-electron chi connectivity index (χ4n) is 1.57. The van der Waals surface area contributed by atoms with Gasteiger partial charge in [0.2, 0.25) is 0 Å². The maximum absolute atomic E-state index is 8.91. The van der Waals surface area contributed by atoms with Crippen molar-refractivity contribution in [3.63, 3.8) is 0 Å². The summed E-state index contributed by atoms with van der Waals surface area (Å²) in [5, 5.41) is 12.1. The first-order valence-corrected chi connectivity index (χ1v) is 5.29. The Morgan fingerprint density at radius 2 is 2.33 bits per heavy atom. The van der Waals surface area contributed by atoms with E-state index >= 15 is 0 Å². The van der Waals surface area contributed by atoms with E-state index in [1.54, 1.807) is 7.11 Å². The summed E-state index contributed by atoms with van der Waals surface area (Å²) in [6.45, 7) is 5.38. The summed E-state index contributed by atoms with van der Waals surface area (Å²) in [6, 6.07) is 2.28. The molecular weight excluding hydrogens is 194 g/mol. The van der Waals surface area contributed by atoms with E-state index in [1.807, 2.05) is 0 Å². The Morgan fingerprint density at radius 1 is 1.47 bits per heavy atom. The fourth-order valence-corrected chi connectivity index (χ4v) is 1.57. The van der Waals surface area contributed by atoms with Gasteiger partial charge in [0.15, 0.2) is 0 Å². The first-order chi connectivity index (χ1) is 7.38. The van der Waals surface area contributed by atoms with Crippen LogP contribution in [0.3, 0.4) is 0 Å². The van der Waals surface area contributed by atoms with Crippen LogP contribution in [0.1, 0.15) is 0 Å². The number of nitrogens with one attached hydrogen (secondary N) is 1. The van der Waals surface area contributed by atoms with Gasteiger partial charge in [0.05, 0.1) is 25.9 Å². The van der Waals surface area contributed by atoms with Crippen molar-refractivity contribution in [2.75, 3.05) is 53.1 Å². The molecule has 5 heteroatoms. The van der Waals surface area contributed by atoms with Crippen LogP contribution in [0.5, 0.6) is 0 Å². The van der Waals surface area contributed by atoms with Crippen LogP contribution in [0.25, 0.3) is 0 Å². The summed E-state index contributed by atoms with van der Waals surface area (Å²) in [5.41, 5.74) is 0. The molecule has 1 aliphatic rings. The van der Waals surface area contributed by atoms with Gasteiger partial charge in [-0.05, 0) is 0 Å². The fraction of sp³-hybridized carbons (Fsp3) is 0.900. The van der Waals surface area contributed by atoms with Crippen molar-refractivity contribution in [1.82, 2.24) is 10.2 Å². The molecule has 1 atom stereocenters. The summed E-state index contributed by atoms with van der Waals surface area (Å²) in [6.07, 6.45) is 0. The highest BCUT2D eigenvalue weighted by Crippen LogP contribution is 2.01. The van der Waals surface area contributed by atoms with Crippen LogP contribution in [0.2, 0.25) is 0 Å². The molecule has 86 valence electrons. The van der Waals surface area contributed by atoms with Crippen molar-refractivity contribution in [2.45, 2.75) is 6.04 Å². The Hall–Kier alpha value is -0.670. The van der Waals surface area contributed by atoms with Crippen molar-refractivity contribution < 1.29 is 9.47 Å². The van der Waals surface area contributed by atoms with Gasteiger partial charge in [-0.2, -0.15) is 5.26 Å². The average molecular weight is 213 g/mol. The average Bonchev–Trinajstić information content (AvgIpc) is 2.29. The number of methoxy groups -OCH3 is 1. The van der Waals surface area contributed by atoms with Gasteiger partial charge in [-0.25, -0.2) is 0 Å². The van der Waals surface area contributed by atoms with Crippen molar-refractivity contribution in [3.05, 3.63) is 0 Å². The van der Waals surface area contributed by atoms with Gasteiger partial charge in [-0.15, -0.1) is 0 Å². The number of nitrogens with zero attached hydrogens (tertiary/aromatic N) is 2. The predicted octanol–water partition coefficient (Wildman–Crippen LogP) is -0.553. The van der Waals surface area contributed by atoms with E-state index in [0.29, 0.717) is 19.8 Å². The van der Waals surface area contributed by atoms with E-state index in [0.717, 1.165) is 26.2 Å². The number of rotatable bonds is 6. The molecule has 0 aromatic rings. The molecule has 5 nitrogen and oxygen atoms in total. The third-order valence-electron chi connectivity index (χ3n) is 2.46. The lowest BCUT2D eigenvalue weighted by Gasteiger charge is -2.31. The highest BCUT2D eigenvalue weighted by molar-refractivity contribution is 4.95. The van der Waals surface area contributed by atoms with Crippen LogP contribution < -0.4 is 5.32 Å². The molecule has 0 bridgehead atoms. The van der Waals surface area contributed by atoms with E-state index in [2.05, 4.69) is 16.3 Å². The largest absolute Gasteiger partial charge is 0.382 e. The molecule has 0 radical (unpaired) electrons. The van der Waals surface area contributed by atoms with Crippen LogP contribution in [0.15, 0.2) is 0 Å². The second kappa shape index (κ2) is 7.60. The first-order valence-electron chi connectivity index (χ1n) is 5.29. The molecule has 0 saturated carbocycles. The van der Waals surface area contributed by atoms with Crippen LogP contribution in [-0.4, -0.2) is 64.1 Å². The topological polar surface area (TPSA) is 57.5 Å². The highest BCUT2D eigenvalue weighted by atomic mass is 16.5. The number of hydrogen-bond acceptors (Lipinski definition) is 5. The van der Waals surface area contributed by atoms with Crippen molar-refractivity contribution in [3.8, 4) is 6.07 Å². The molecule has 0 aromatic carbocycles. The zero-order valence-electron chi connectivity index (χ0n) is 9.24. The van der Waals surface area contributed by atoms with Crippen LogP contribution in [0.4, 0.5) is 0 Å². The summed E-state index contributed by atoms with van der Waals surface area (Å²) in [5.74, 6) is 0. The van der Waals surface area contributed by atoms with Gasteiger partial charge in [0.25, 0.3) is 0 Å². The standard InChI is InChI=1S/C10H19N3O2/c1-14-6-7-15-5-4-13-3-2-12-9-10(13)8-11/h10,12H,2-7,9H2,1H3. The van der Waals surface area contributed by atoms with Gasteiger partial charge < -0.3 is 14.8 Å². The molecular formula is C10H19N3O2. The van der Waals surface area contributed by atoms with E-state index in [1.165, 1.54) is 0 Å². The van der Waals surface area contributed by atoms with Crippen LogP contribution in [-0.2, 0) is 9.47 Å². The highest BCUT2D eigenvalue weighted by Gasteiger charge is 2.20. The quantitative estimate of drug-likeness (QED) is 0.600. The molecule has 0 amide bonds. The SMILES string of the molecule is COCCOCCN1CCNCC1C#N. The lowest BCUT2D eigenvalue weighted by molar-refractivity contribution is 0.0505. The van der Waals surface area contributed by atoms with Crippen LogP contribution in [0, 0.1) is 11.3 Å². The minimum Gasteiger partial charge on any atom is -0.382 e. The summed E-state index contributed by atoms with van der Waals surface area (Å²) in [4.78, 5) is 2.16. The van der Waals surface area contributed by atoms with E-state index < -0.39 is 0 Å². The molecule has 1 heterocycles. The van der Waals surface area contributed by atoms with E-state index in [9.17, 15) is 0 Å². The molecule has 0 spiro atoms. The zero-order valence-corrected chi connectivity index (χ0v) is 9.24. The Kier molecular flexibility index (Phi) is 6.28. The molecule has 1 N–H and O–H groups in total. The molecule has 1 rings (SSSR count). The number of piperazine rings is 1. The van der Waals surface area contributed by atoms with Gasteiger partial charge in [0.1, 0.15) is 6.04 Å². The normalized spacial score (nSPS) is 22.5. The third-order valence-corrected chi connectivity index (χ3v) is 2.46. The van der Waals surface area contributed by atoms with Crippen molar-refractivity contribution in [1.29, 1.82) is 5.26 Å². The van der Waals surface area contributed by atoms with Gasteiger partial charge in [0, 0.05) is 33.3 Å². The Labute approximate surface area is 90.9 Å². The molecule has 1 fully saturated rings. The van der Waals surface area contributed by atoms with Gasteiger partial charge >= 0.3 is 0 Å². The van der Waals surface area contributed by atoms with Crippen molar-refractivity contribution >= 4 is 0 Å². The second-order valence-electron chi connectivity index (χ2n) is 3.49. The molecule has 1 aliphatic heterocycles. The molecule has 15 heavy (non-hydrogen) atoms. The lowest BCUT2D eigenvalue weighted by Crippen LogP contribution is -2.51. The van der Waals surface area contributed by atoms with Crippen molar-refractivity contribution in [2.24, 2.45) is 0 Å². The van der Waals surface area contributed by atoms with E-state index in [4.69, 9.17) is 14.7 Å². The van der Waals surface area contributed by atoms with Gasteiger partial charge in [-0.1, -0.05) is 0 Å². The third kappa shape index (κ3) is 4.58. The summed E-state index contributed by atoms with van der Waals surface area (Å²) in [7, 11) is 1.66. The number of nitriles is 1. The maximum Gasteiger partial charge on any atom is 0.110 e. The molecule has 1 saturated heterocycles. The second-order valence-corrected chi connectivity index (χ2v) is 3.49. The summed E-state index contributed by atoms with van der Waals surface area (Å²) < 4.78 is 10.2. The smallest absolute Gasteiger partial charge is 0.110 e. The van der Waals surface area contributed by atoms with Gasteiger partial charge in [-0.3, -0.25) is 4.90 Å². The zero-order chi connectivity index (χ0) is 10.9. The maximum atomic E-state index is 8.91. The lowest BCUT2D eigenvalue weighted by atomic mass is 10.2. The number of hydrogen-bond donors (Lipinski definition) is 1. The number of ether oxygens (including phenoxy) is 2. The molecule has 0 aromatic heterocycles. The minimum absolute atomic E-state index is 0.00947. The predicted molar refractivity (Wildman–Crippen MR) is 56.5 cm³/mol. The Morgan fingerprint density at radius 3 is 3.07 bits per heavy atom. The minimum atomic E-state index is -0.00947. The van der Waals surface area contributed by atoms with E-state index in [-0.39, 0.29) is 6.04 Å². The van der Waals surface area contributed by atoms with Crippen LogP contribution >= 0.6 is 0 Å². The first kappa shape index (κ1) is 12.4. The Bertz CT molecular complexity index is 205. The summed E-state index contributed by atoms with van der Waals surface area (Å²) >= 11 is 0. The molecule has 0 aliphatic carbocycles. The Balaban J connectivity index is 2.10. The monoisotopic (exact) mass is 213 g/mol.